The largest absolute Gasteiger partial charge is 0.481 e. The molecule has 1 aromatic rings. The summed E-state index contributed by atoms with van der Waals surface area (Å²) in [5.41, 5.74) is 1.03. The first kappa shape index (κ1) is 10.2. The number of carboxylic acids is 1. The maximum absolute atomic E-state index is 10.7. The zero-order valence-electron chi connectivity index (χ0n) is 8.59. The molecule has 0 bridgehead atoms. The Morgan fingerprint density at radius 3 is 3.20 bits per heavy atom. The number of hydrogen-bond acceptors (Lipinski definition) is 3. The van der Waals surface area contributed by atoms with Crippen LogP contribution in [0.1, 0.15) is 17.9 Å². The molecule has 1 aromatic heterocycles. The lowest BCUT2D eigenvalue weighted by molar-refractivity contribution is -0.138. The Morgan fingerprint density at radius 2 is 2.60 bits per heavy atom. The van der Waals surface area contributed by atoms with E-state index in [2.05, 4.69) is 5.10 Å². The zero-order valence-corrected chi connectivity index (χ0v) is 8.59. The molecule has 1 fully saturated rings. The van der Waals surface area contributed by atoms with Crippen LogP contribution in [0.2, 0.25) is 0 Å². The van der Waals surface area contributed by atoms with Crippen LogP contribution in [0.4, 0.5) is 0 Å². The number of nitrogens with zero attached hydrogens (tertiary/aromatic N) is 2. The lowest BCUT2D eigenvalue weighted by Gasteiger charge is -1.98. The molecule has 0 aliphatic heterocycles. The Bertz CT molecular complexity index is 361. The highest BCUT2D eigenvalue weighted by atomic mass is 16.5. The maximum atomic E-state index is 10.7. The van der Waals surface area contributed by atoms with Crippen LogP contribution < -0.4 is 0 Å². The van der Waals surface area contributed by atoms with Crippen molar-refractivity contribution in [2.24, 2.45) is 5.92 Å². The average molecular weight is 210 g/mol. The molecule has 2 atom stereocenters. The molecular weight excluding hydrogens is 196 g/mol. The fourth-order valence-corrected chi connectivity index (χ4v) is 1.71. The molecule has 5 nitrogen and oxygen atoms in total. The molecule has 15 heavy (non-hydrogen) atoms. The SMILES string of the molecule is COCCn1cc([C@@H]2C[C@H]2C(=O)O)cn1. The number of carboxylic acid groups (broad SMARTS) is 1. The number of rotatable bonds is 5. The van der Waals surface area contributed by atoms with Gasteiger partial charge in [0.2, 0.25) is 0 Å². The van der Waals surface area contributed by atoms with Crippen LogP contribution in [0.15, 0.2) is 12.4 Å². The third-order valence-corrected chi connectivity index (χ3v) is 2.71. The quantitative estimate of drug-likeness (QED) is 0.777. The van der Waals surface area contributed by atoms with Gasteiger partial charge in [-0.15, -0.1) is 0 Å². The van der Waals surface area contributed by atoms with Gasteiger partial charge in [0, 0.05) is 19.2 Å². The highest BCUT2D eigenvalue weighted by molar-refractivity contribution is 5.75. The summed E-state index contributed by atoms with van der Waals surface area (Å²) in [5, 5.41) is 12.9. The fourth-order valence-electron chi connectivity index (χ4n) is 1.71. The predicted molar refractivity (Wildman–Crippen MR) is 52.6 cm³/mol. The molecule has 0 radical (unpaired) electrons. The third kappa shape index (κ3) is 2.18. The second kappa shape index (κ2) is 4.02. The van der Waals surface area contributed by atoms with Gasteiger partial charge in [0.1, 0.15) is 0 Å². The van der Waals surface area contributed by atoms with Gasteiger partial charge in [-0.25, -0.2) is 0 Å². The van der Waals surface area contributed by atoms with Gasteiger partial charge in [0.25, 0.3) is 0 Å². The van der Waals surface area contributed by atoms with Gasteiger partial charge in [0.05, 0.1) is 25.3 Å². The van der Waals surface area contributed by atoms with Crippen molar-refractivity contribution in [2.75, 3.05) is 13.7 Å². The number of aliphatic carboxylic acids is 1. The standard InChI is InChI=1S/C10H14N2O3/c1-15-3-2-12-6-7(5-11-12)8-4-9(8)10(13)14/h5-6,8-9H,2-4H2,1H3,(H,13,14)/t8-,9+/m0/s1. The Morgan fingerprint density at radius 1 is 1.80 bits per heavy atom. The van der Waals surface area contributed by atoms with E-state index in [1.165, 1.54) is 0 Å². The second-order valence-corrected chi connectivity index (χ2v) is 3.82. The Labute approximate surface area is 87.7 Å². The third-order valence-electron chi connectivity index (χ3n) is 2.71. The molecule has 0 saturated heterocycles. The van der Waals surface area contributed by atoms with Crippen LogP contribution in [0.5, 0.6) is 0 Å². The number of methoxy groups -OCH3 is 1. The van der Waals surface area contributed by atoms with Crippen molar-refractivity contribution in [3.63, 3.8) is 0 Å². The fraction of sp³-hybridized carbons (Fsp3) is 0.600. The molecule has 82 valence electrons. The molecule has 1 aliphatic rings. The van der Waals surface area contributed by atoms with Crippen LogP contribution >= 0.6 is 0 Å². The van der Waals surface area contributed by atoms with Crippen LogP contribution in [0, 0.1) is 5.92 Å². The molecule has 0 amide bonds. The van der Waals surface area contributed by atoms with Crippen LogP contribution in [0.25, 0.3) is 0 Å². The molecule has 0 aromatic carbocycles. The molecule has 0 unspecified atom stereocenters. The minimum atomic E-state index is -0.704. The van der Waals surface area contributed by atoms with Gasteiger partial charge in [-0.3, -0.25) is 9.48 Å². The molecule has 2 rings (SSSR count). The van der Waals surface area contributed by atoms with Gasteiger partial charge < -0.3 is 9.84 Å². The summed E-state index contributed by atoms with van der Waals surface area (Å²) in [5.74, 6) is -0.742. The van der Waals surface area contributed by atoms with Crippen molar-refractivity contribution < 1.29 is 14.6 Å². The van der Waals surface area contributed by atoms with Gasteiger partial charge in [0.15, 0.2) is 0 Å². The average Bonchev–Trinajstić information content (AvgIpc) is 2.89. The van der Waals surface area contributed by atoms with Gasteiger partial charge in [-0.2, -0.15) is 5.10 Å². The molecular formula is C10H14N2O3. The van der Waals surface area contributed by atoms with E-state index < -0.39 is 5.97 Å². The first-order valence-corrected chi connectivity index (χ1v) is 4.96. The molecule has 5 heteroatoms. The van der Waals surface area contributed by atoms with Gasteiger partial charge >= 0.3 is 5.97 Å². The van der Waals surface area contributed by atoms with Crippen molar-refractivity contribution in [1.29, 1.82) is 0 Å². The highest BCUT2D eigenvalue weighted by Gasteiger charge is 2.44. The summed E-state index contributed by atoms with van der Waals surface area (Å²) in [6.45, 7) is 1.33. The van der Waals surface area contributed by atoms with Crippen LogP contribution in [0.3, 0.4) is 0 Å². The zero-order chi connectivity index (χ0) is 10.8. The van der Waals surface area contributed by atoms with Gasteiger partial charge in [-0.05, 0) is 12.0 Å². The number of carbonyl (C=O) groups is 1. The number of ether oxygens (including phenoxy) is 1. The summed E-state index contributed by atoms with van der Waals surface area (Å²) >= 11 is 0. The van der Waals surface area contributed by atoms with Crippen molar-refractivity contribution >= 4 is 5.97 Å². The lowest BCUT2D eigenvalue weighted by Crippen LogP contribution is -2.04. The van der Waals surface area contributed by atoms with Crippen molar-refractivity contribution in [2.45, 2.75) is 18.9 Å². The highest BCUT2D eigenvalue weighted by Crippen LogP contribution is 2.47. The molecule has 1 aliphatic carbocycles. The van der Waals surface area contributed by atoms with Crippen LogP contribution in [-0.4, -0.2) is 34.6 Å². The molecule has 0 spiro atoms. The van der Waals surface area contributed by atoms with E-state index in [1.807, 2.05) is 6.20 Å². The van der Waals surface area contributed by atoms with Crippen molar-refractivity contribution in [3.05, 3.63) is 18.0 Å². The first-order chi connectivity index (χ1) is 7.22. The van der Waals surface area contributed by atoms with E-state index in [0.29, 0.717) is 13.2 Å². The topological polar surface area (TPSA) is 64.3 Å². The Hall–Kier alpha value is -1.36. The van der Waals surface area contributed by atoms with E-state index in [-0.39, 0.29) is 11.8 Å². The minimum Gasteiger partial charge on any atom is -0.481 e. The smallest absolute Gasteiger partial charge is 0.307 e. The monoisotopic (exact) mass is 210 g/mol. The summed E-state index contributed by atoms with van der Waals surface area (Å²) in [6, 6.07) is 0. The van der Waals surface area contributed by atoms with Crippen molar-refractivity contribution in [1.82, 2.24) is 9.78 Å². The summed E-state index contributed by atoms with van der Waals surface area (Å²) in [6.07, 6.45) is 4.40. The number of aromatic nitrogens is 2. The summed E-state index contributed by atoms with van der Waals surface area (Å²) < 4.78 is 6.72. The first-order valence-electron chi connectivity index (χ1n) is 4.96. The minimum absolute atomic E-state index is 0.166. The van der Waals surface area contributed by atoms with E-state index >= 15 is 0 Å². The summed E-state index contributed by atoms with van der Waals surface area (Å²) in [7, 11) is 1.64. The van der Waals surface area contributed by atoms with E-state index in [9.17, 15) is 4.79 Å². The Kier molecular flexibility index (Phi) is 2.73. The molecule has 1 saturated carbocycles. The maximum Gasteiger partial charge on any atom is 0.307 e. The lowest BCUT2D eigenvalue weighted by atomic mass is 10.2. The number of hydrogen-bond donors (Lipinski definition) is 1. The van der Waals surface area contributed by atoms with Crippen LogP contribution in [-0.2, 0) is 16.1 Å². The predicted octanol–water partition coefficient (Wildman–Crippen LogP) is 0.718. The van der Waals surface area contributed by atoms with Crippen molar-refractivity contribution in [3.8, 4) is 0 Å². The van der Waals surface area contributed by atoms with E-state index in [4.69, 9.17) is 9.84 Å². The Balaban J connectivity index is 1.94. The van der Waals surface area contributed by atoms with E-state index in [0.717, 1.165) is 12.0 Å². The van der Waals surface area contributed by atoms with Gasteiger partial charge in [-0.1, -0.05) is 0 Å². The summed E-state index contributed by atoms with van der Waals surface area (Å²) in [4.78, 5) is 10.7. The molecule has 1 N–H and O–H groups in total. The molecule has 1 heterocycles. The van der Waals surface area contributed by atoms with E-state index in [1.54, 1.807) is 18.0 Å². The second-order valence-electron chi connectivity index (χ2n) is 3.82. The normalized spacial score (nSPS) is 24.1.